The largest absolute Gasteiger partial charge is 0.396 e. The fraction of sp³-hybridized carbons (Fsp3) is 0.933. The lowest BCUT2D eigenvalue weighted by Gasteiger charge is -2.38. The summed E-state index contributed by atoms with van der Waals surface area (Å²) in [5.74, 6) is 0.236. The summed E-state index contributed by atoms with van der Waals surface area (Å²) in [4.78, 5) is 16.3. The van der Waals surface area contributed by atoms with Crippen LogP contribution in [0.25, 0.3) is 0 Å². The standard InChI is InChI=1S/C15H31N3O2/c1-12(15(2,3)11-17(4)5)16-14(20)18-8-6-7-13(9-18)10-19/h12-13,19H,6-11H2,1-5H3,(H,16,20). The quantitative estimate of drug-likeness (QED) is 0.802. The second-order valence-electron chi connectivity index (χ2n) is 7.03. The van der Waals surface area contributed by atoms with Gasteiger partial charge < -0.3 is 20.2 Å². The minimum absolute atomic E-state index is 0.00230. The van der Waals surface area contributed by atoms with E-state index in [0.717, 1.165) is 25.9 Å². The third-order valence-electron chi connectivity index (χ3n) is 4.30. The molecule has 0 aromatic carbocycles. The Labute approximate surface area is 123 Å². The van der Waals surface area contributed by atoms with E-state index in [-0.39, 0.29) is 30.0 Å². The fourth-order valence-corrected chi connectivity index (χ4v) is 2.82. The van der Waals surface area contributed by atoms with Gasteiger partial charge >= 0.3 is 6.03 Å². The number of carbonyl (C=O) groups excluding carboxylic acids is 1. The number of nitrogens with zero attached hydrogens (tertiary/aromatic N) is 2. The highest BCUT2D eigenvalue weighted by molar-refractivity contribution is 5.74. The first-order chi connectivity index (χ1) is 9.26. The molecule has 0 aromatic rings. The van der Waals surface area contributed by atoms with E-state index >= 15 is 0 Å². The van der Waals surface area contributed by atoms with E-state index in [1.165, 1.54) is 0 Å². The smallest absolute Gasteiger partial charge is 0.317 e. The molecule has 1 rings (SSSR count). The number of piperidine rings is 1. The summed E-state index contributed by atoms with van der Waals surface area (Å²) in [6.45, 7) is 8.97. The highest BCUT2D eigenvalue weighted by atomic mass is 16.3. The van der Waals surface area contributed by atoms with Gasteiger partial charge in [-0.05, 0) is 45.2 Å². The second-order valence-corrected chi connectivity index (χ2v) is 7.03. The number of likely N-dealkylation sites (tertiary alicyclic amines) is 1. The van der Waals surface area contributed by atoms with Crippen molar-refractivity contribution in [2.45, 2.75) is 39.7 Å². The predicted octanol–water partition coefficient (Wildman–Crippen LogP) is 1.38. The fourth-order valence-electron chi connectivity index (χ4n) is 2.82. The molecule has 0 spiro atoms. The third kappa shape index (κ3) is 4.94. The molecule has 2 unspecified atom stereocenters. The Morgan fingerprint density at radius 2 is 2.15 bits per heavy atom. The molecule has 0 aliphatic carbocycles. The van der Waals surface area contributed by atoms with Crippen molar-refractivity contribution in [1.82, 2.24) is 15.1 Å². The van der Waals surface area contributed by atoms with Crippen LogP contribution < -0.4 is 5.32 Å². The highest BCUT2D eigenvalue weighted by Gasteiger charge is 2.30. The Morgan fingerprint density at radius 1 is 1.50 bits per heavy atom. The van der Waals surface area contributed by atoms with Gasteiger partial charge in [0.25, 0.3) is 0 Å². The van der Waals surface area contributed by atoms with Crippen molar-refractivity contribution >= 4 is 6.03 Å². The topological polar surface area (TPSA) is 55.8 Å². The van der Waals surface area contributed by atoms with Crippen LogP contribution in [-0.4, -0.2) is 67.3 Å². The van der Waals surface area contributed by atoms with Crippen LogP contribution in [-0.2, 0) is 0 Å². The second kappa shape index (κ2) is 7.27. The van der Waals surface area contributed by atoms with Gasteiger partial charge in [-0.25, -0.2) is 4.79 Å². The number of aliphatic hydroxyl groups excluding tert-OH is 1. The van der Waals surface area contributed by atoms with Gasteiger partial charge in [0.1, 0.15) is 0 Å². The van der Waals surface area contributed by atoms with Crippen molar-refractivity contribution in [3.63, 3.8) is 0 Å². The molecule has 5 nitrogen and oxygen atoms in total. The van der Waals surface area contributed by atoms with Crippen molar-refractivity contribution in [1.29, 1.82) is 0 Å². The molecule has 2 N–H and O–H groups in total. The average Bonchev–Trinajstić information content (AvgIpc) is 2.37. The lowest BCUT2D eigenvalue weighted by molar-refractivity contribution is 0.120. The number of rotatable bonds is 5. The monoisotopic (exact) mass is 285 g/mol. The molecule has 1 saturated heterocycles. The molecule has 1 heterocycles. The van der Waals surface area contributed by atoms with Gasteiger partial charge in [0.05, 0.1) is 0 Å². The predicted molar refractivity (Wildman–Crippen MR) is 81.7 cm³/mol. The molecule has 0 radical (unpaired) electrons. The zero-order valence-corrected chi connectivity index (χ0v) is 13.6. The van der Waals surface area contributed by atoms with Crippen LogP contribution in [0.3, 0.4) is 0 Å². The van der Waals surface area contributed by atoms with E-state index < -0.39 is 0 Å². The van der Waals surface area contributed by atoms with Gasteiger partial charge in [0.2, 0.25) is 0 Å². The third-order valence-corrected chi connectivity index (χ3v) is 4.30. The molecule has 118 valence electrons. The Hall–Kier alpha value is -0.810. The summed E-state index contributed by atoms with van der Waals surface area (Å²) < 4.78 is 0. The summed E-state index contributed by atoms with van der Waals surface area (Å²) in [6, 6.07) is 0.106. The number of amides is 2. The summed E-state index contributed by atoms with van der Waals surface area (Å²) in [5, 5.41) is 12.4. The average molecular weight is 285 g/mol. The summed E-state index contributed by atoms with van der Waals surface area (Å²) in [6.07, 6.45) is 2.00. The van der Waals surface area contributed by atoms with Gasteiger partial charge in [-0.3, -0.25) is 0 Å². The molecule has 1 aliphatic rings. The summed E-state index contributed by atoms with van der Waals surface area (Å²) in [7, 11) is 4.10. The lowest BCUT2D eigenvalue weighted by Crippen LogP contribution is -2.53. The number of hydrogen-bond acceptors (Lipinski definition) is 3. The number of hydrogen-bond donors (Lipinski definition) is 2. The van der Waals surface area contributed by atoms with E-state index in [0.29, 0.717) is 6.54 Å². The van der Waals surface area contributed by atoms with Crippen molar-refractivity contribution in [2.24, 2.45) is 11.3 Å². The van der Waals surface area contributed by atoms with Gasteiger partial charge in [-0.1, -0.05) is 13.8 Å². The zero-order valence-electron chi connectivity index (χ0n) is 13.6. The van der Waals surface area contributed by atoms with Crippen LogP contribution in [0.5, 0.6) is 0 Å². The van der Waals surface area contributed by atoms with E-state index in [4.69, 9.17) is 0 Å². The van der Waals surface area contributed by atoms with Crippen molar-refractivity contribution < 1.29 is 9.90 Å². The number of carbonyl (C=O) groups is 1. The van der Waals surface area contributed by atoms with Crippen molar-refractivity contribution in [3.05, 3.63) is 0 Å². The van der Waals surface area contributed by atoms with Gasteiger partial charge in [-0.15, -0.1) is 0 Å². The highest BCUT2D eigenvalue weighted by Crippen LogP contribution is 2.22. The number of urea groups is 1. The molecule has 2 amide bonds. The first-order valence-corrected chi connectivity index (χ1v) is 7.57. The van der Waals surface area contributed by atoms with Crippen LogP contribution in [0.1, 0.15) is 33.6 Å². The van der Waals surface area contributed by atoms with Crippen LogP contribution in [0.15, 0.2) is 0 Å². The van der Waals surface area contributed by atoms with Crippen LogP contribution in [0, 0.1) is 11.3 Å². The molecular weight excluding hydrogens is 254 g/mol. The zero-order chi connectivity index (χ0) is 15.3. The van der Waals surface area contributed by atoms with E-state index in [9.17, 15) is 9.90 Å². The molecule has 0 saturated carbocycles. The van der Waals surface area contributed by atoms with Crippen LogP contribution >= 0.6 is 0 Å². The Morgan fingerprint density at radius 3 is 2.70 bits per heavy atom. The summed E-state index contributed by atoms with van der Waals surface area (Å²) in [5.41, 5.74) is 0.0192. The minimum Gasteiger partial charge on any atom is -0.396 e. The minimum atomic E-state index is 0.00230. The summed E-state index contributed by atoms with van der Waals surface area (Å²) >= 11 is 0. The maximum Gasteiger partial charge on any atom is 0.317 e. The van der Waals surface area contributed by atoms with Crippen molar-refractivity contribution in [3.8, 4) is 0 Å². The van der Waals surface area contributed by atoms with Crippen LogP contribution in [0.2, 0.25) is 0 Å². The van der Waals surface area contributed by atoms with E-state index in [1.54, 1.807) is 0 Å². The maximum absolute atomic E-state index is 12.3. The first-order valence-electron chi connectivity index (χ1n) is 7.57. The SMILES string of the molecule is CC(NC(=O)N1CCCC(CO)C1)C(C)(C)CN(C)C. The molecule has 0 bridgehead atoms. The number of nitrogens with one attached hydrogen (secondary N) is 1. The first kappa shape index (κ1) is 17.2. The van der Waals surface area contributed by atoms with E-state index in [1.807, 2.05) is 19.0 Å². The van der Waals surface area contributed by atoms with Gasteiger partial charge in [-0.2, -0.15) is 0 Å². The molecule has 1 aliphatic heterocycles. The molecule has 20 heavy (non-hydrogen) atoms. The van der Waals surface area contributed by atoms with Crippen LogP contribution in [0.4, 0.5) is 4.79 Å². The van der Waals surface area contributed by atoms with Gasteiger partial charge in [0, 0.05) is 32.3 Å². The molecule has 2 atom stereocenters. The molecule has 0 aromatic heterocycles. The maximum atomic E-state index is 12.3. The molecule has 1 fully saturated rings. The lowest BCUT2D eigenvalue weighted by atomic mass is 9.85. The van der Waals surface area contributed by atoms with Crippen molar-refractivity contribution in [2.75, 3.05) is 40.3 Å². The molecular formula is C15H31N3O2. The Kier molecular flexibility index (Phi) is 6.27. The normalized spacial score (nSPS) is 21.9. The Bertz CT molecular complexity index is 318. The molecule has 5 heteroatoms. The van der Waals surface area contributed by atoms with Gasteiger partial charge in [0.15, 0.2) is 0 Å². The van der Waals surface area contributed by atoms with E-state index in [2.05, 4.69) is 31.0 Å². The number of aliphatic hydroxyl groups is 1. The Balaban J connectivity index is 2.52.